The van der Waals surface area contributed by atoms with E-state index in [0.717, 1.165) is 36.7 Å². The number of carbonyl (C=O) groups excluding carboxylic acids is 1. The Hall–Kier alpha value is -1.95. The lowest BCUT2D eigenvalue weighted by molar-refractivity contribution is -0.115. The summed E-state index contributed by atoms with van der Waals surface area (Å²) in [5, 5.41) is 12.1. The predicted molar refractivity (Wildman–Crippen MR) is 125 cm³/mol. The number of carbonyl (C=O) groups is 1. The Balaban J connectivity index is 1.29. The summed E-state index contributed by atoms with van der Waals surface area (Å²) in [5.74, 6) is 1.37. The molecule has 11 heteroatoms. The minimum absolute atomic E-state index is 0.197. The summed E-state index contributed by atoms with van der Waals surface area (Å²) in [6.07, 6.45) is 4.59. The molecular weight excluding hydrogens is 462 g/mol. The third kappa shape index (κ3) is 4.82. The molecule has 9 nitrogen and oxygen atoms in total. The number of morpholine rings is 1. The Morgan fingerprint density at radius 1 is 1.18 bits per heavy atom. The SMILES string of the molecule is Cc1ccc(NC(=O)[C@H](C)Sc2nnc(C3CC3)n2C2CC2)cc1S(=O)(=O)N1CCOCC1. The van der Waals surface area contributed by atoms with Gasteiger partial charge in [0.2, 0.25) is 15.9 Å². The first-order valence-corrected chi connectivity index (χ1v) is 13.8. The number of aryl methyl sites for hydroxylation is 1. The fourth-order valence-corrected chi connectivity index (χ4v) is 6.59. The fraction of sp³-hybridized carbons (Fsp3) is 0.591. The number of nitrogens with zero attached hydrogens (tertiary/aromatic N) is 4. The molecule has 3 fully saturated rings. The highest BCUT2D eigenvalue weighted by Crippen LogP contribution is 2.46. The average Bonchev–Trinajstić information content (AvgIpc) is 3.74. The molecule has 0 unspecified atom stereocenters. The van der Waals surface area contributed by atoms with E-state index >= 15 is 0 Å². The van der Waals surface area contributed by atoms with E-state index in [0.29, 0.717) is 49.5 Å². The highest BCUT2D eigenvalue weighted by Gasteiger charge is 2.37. The van der Waals surface area contributed by atoms with Crippen molar-refractivity contribution in [3.8, 4) is 0 Å². The molecule has 2 saturated carbocycles. The van der Waals surface area contributed by atoms with E-state index in [4.69, 9.17) is 4.74 Å². The molecule has 2 aliphatic carbocycles. The summed E-state index contributed by atoms with van der Waals surface area (Å²) in [7, 11) is -3.65. The summed E-state index contributed by atoms with van der Waals surface area (Å²) < 4.78 is 35.2. The van der Waals surface area contributed by atoms with Gasteiger partial charge in [-0.25, -0.2) is 8.42 Å². The first-order valence-electron chi connectivity index (χ1n) is 11.5. The fourth-order valence-electron chi connectivity index (χ4n) is 4.00. The van der Waals surface area contributed by atoms with E-state index in [-0.39, 0.29) is 10.8 Å². The van der Waals surface area contributed by atoms with Gasteiger partial charge in [0, 0.05) is 30.7 Å². The van der Waals surface area contributed by atoms with Gasteiger partial charge in [0.15, 0.2) is 5.16 Å². The Morgan fingerprint density at radius 3 is 2.58 bits per heavy atom. The molecule has 3 aliphatic rings. The Bertz CT molecular complexity index is 1150. The topological polar surface area (TPSA) is 106 Å². The van der Waals surface area contributed by atoms with Crippen molar-refractivity contribution in [1.82, 2.24) is 19.1 Å². The third-order valence-corrected chi connectivity index (χ3v) is 9.34. The number of thioether (sulfide) groups is 1. The quantitative estimate of drug-likeness (QED) is 0.566. The summed E-state index contributed by atoms with van der Waals surface area (Å²) in [5.41, 5.74) is 1.11. The second kappa shape index (κ2) is 9.01. The van der Waals surface area contributed by atoms with Crippen LogP contribution in [0.1, 0.15) is 56.0 Å². The number of ether oxygens (including phenoxy) is 1. The maximum atomic E-state index is 13.1. The molecule has 0 spiro atoms. The number of anilines is 1. The van der Waals surface area contributed by atoms with E-state index < -0.39 is 15.3 Å². The number of hydrogen-bond acceptors (Lipinski definition) is 7. The van der Waals surface area contributed by atoms with Gasteiger partial charge in [0.05, 0.1) is 23.4 Å². The molecule has 2 aromatic rings. The van der Waals surface area contributed by atoms with Gasteiger partial charge in [0.1, 0.15) is 5.82 Å². The van der Waals surface area contributed by atoms with Crippen LogP contribution in [0.2, 0.25) is 0 Å². The van der Waals surface area contributed by atoms with Crippen LogP contribution in [0.25, 0.3) is 0 Å². The molecular formula is C22H29N5O4S2. The smallest absolute Gasteiger partial charge is 0.243 e. The van der Waals surface area contributed by atoms with E-state index in [1.165, 1.54) is 16.1 Å². The molecule has 1 aliphatic heterocycles. The van der Waals surface area contributed by atoms with Crippen LogP contribution in [-0.4, -0.2) is 64.9 Å². The minimum atomic E-state index is -3.65. The number of sulfonamides is 1. The van der Waals surface area contributed by atoms with Crippen LogP contribution >= 0.6 is 11.8 Å². The zero-order valence-electron chi connectivity index (χ0n) is 18.9. The molecule has 1 aromatic carbocycles. The van der Waals surface area contributed by atoms with Gasteiger partial charge in [-0.2, -0.15) is 4.31 Å². The Morgan fingerprint density at radius 2 is 1.91 bits per heavy atom. The van der Waals surface area contributed by atoms with Gasteiger partial charge in [-0.15, -0.1) is 10.2 Å². The highest BCUT2D eigenvalue weighted by atomic mass is 32.2. The van der Waals surface area contributed by atoms with Crippen LogP contribution < -0.4 is 5.32 Å². The van der Waals surface area contributed by atoms with Crippen molar-refractivity contribution >= 4 is 33.4 Å². The number of benzene rings is 1. The highest BCUT2D eigenvalue weighted by molar-refractivity contribution is 8.00. The number of rotatable bonds is 8. The lowest BCUT2D eigenvalue weighted by atomic mass is 10.2. The van der Waals surface area contributed by atoms with E-state index in [9.17, 15) is 13.2 Å². The summed E-state index contributed by atoms with van der Waals surface area (Å²) >= 11 is 1.40. The lowest BCUT2D eigenvalue weighted by Gasteiger charge is -2.27. The van der Waals surface area contributed by atoms with Crippen LogP contribution in [0.4, 0.5) is 5.69 Å². The molecule has 0 bridgehead atoms. The van der Waals surface area contributed by atoms with Crippen LogP contribution in [-0.2, 0) is 19.6 Å². The number of aromatic nitrogens is 3. The van der Waals surface area contributed by atoms with Crippen molar-refractivity contribution < 1.29 is 17.9 Å². The van der Waals surface area contributed by atoms with Crippen LogP contribution in [0.15, 0.2) is 28.3 Å². The zero-order chi connectivity index (χ0) is 23.2. The Kier molecular flexibility index (Phi) is 6.23. The first kappa shape index (κ1) is 22.8. The van der Waals surface area contributed by atoms with Crippen molar-refractivity contribution in [2.75, 3.05) is 31.6 Å². The van der Waals surface area contributed by atoms with E-state index in [1.54, 1.807) is 25.1 Å². The molecule has 0 radical (unpaired) electrons. The second-order valence-electron chi connectivity index (χ2n) is 8.96. The molecule has 2 heterocycles. The monoisotopic (exact) mass is 491 g/mol. The maximum absolute atomic E-state index is 13.1. The van der Waals surface area contributed by atoms with E-state index in [2.05, 4.69) is 20.1 Å². The van der Waals surface area contributed by atoms with Crippen LogP contribution in [0.5, 0.6) is 0 Å². The summed E-state index contributed by atoms with van der Waals surface area (Å²) in [4.78, 5) is 13.2. The number of hydrogen-bond donors (Lipinski definition) is 1. The maximum Gasteiger partial charge on any atom is 0.243 e. The van der Waals surface area contributed by atoms with Gasteiger partial charge < -0.3 is 14.6 Å². The van der Waals surface area contributed by atoms with Crippen LogP contribution in [0, 0.1) is 6.92 Å². The lowest BCUT2D eigenvalue weighted by Crippen LogP contribution is -2.40. The van der Waals surface area contributed by atoms with E-state index in [1.807, 2.05) is 6.92 Å². The van der Waals surface area contributed by atoms with Gasteiger partial charge in [-0.1, -0.05) is 17.8 Å². The van der Waals surface area contributed by atoms with Crippen molar-refractivity contribution in [1.29, 1.82) is 0 Å². The van der Waals surface area contributed by atoms with Crippen molar-refractivity contribution in [2.45, 2.75) is 66.8 Å². The molecule has 5 rings (SSSR count). The summed E-state index contributed by atoms with van der Waals surface area (Å²) in [6.45, 7) is 5.03. The molecule has 33 heavy (non-hydrogen) atoms. The first-order chi connectivity index (χ1) is 15.8. The standard InChI is InChI=1S/C22H29N5O4S2/c1-14-3-6-17(13-19(14)33(29,30)26-9-11-31-12-10-26)23-21(28)15(2)32-22-25-24-20(16-4-5-16)27(22)18-7-8-18/h3,6,13,15-16,18H,4-5,7-12H2,1-2H3,(H,23,28)/t15-/m0/s1. The largest absolute Gasteiger partial charge is 0.379 e. The third-order valence-electron chi connectivity index (χ3n) is 6.24. The van der Waals surface area contributed by atoms with Gasteiger partial charge >= 0.3 is 0 Å². The van der Waals surface area contributed by atoms with Gasteiger partial charge in [0.25, 0.3) is 0 Å². The number of amides is 1. The van der Waals surface area contributed by atoms with Crippen LogP contribution in [0.3, 0.4) is 0 Å². The Labute approximate surface area is 198 Å². The second-order valence-corrected chi connectivity index (χ2v) is 12.2. The number of nitrogens with one attached hydrogen (secondary N) is 1. The zero-order valence-corrected chi connectivity index (χ0v) is 20.5. The molecule has 1 saturated heterocycles. The predicted octanol–water partition coefficient (Wildman–Crippen LogP) is 2.94. The van der Waals surface area contributed by atoms with Crippen molar-refractivity contribution in [3.05, 3.63) is 29.6 Å². The molecule has 1 N–H and O–H groups in total. The van der Waals surface area contributed by atoms with Gasteiger partial charge in [-0.3, -0.25) is 4.79 Å². The summed E-state index contributed by atoms with van der Waals surface area (Å²) in [6, 6.07) is 5.47. The molecule has 1 atom stereocenters. The minimum Gasteiger partial charge on any atom is -0.379 e. The normalized spacial score (nSPS) is 20.5. The average molecular weight is 492 g/mol. The van der Waals surface area contributed by atoms with Crippen molar-refractivity contribution in [2.24, 2.45) is 0 Å². The molecule has 178 valence electrons. The van der Waals surface area contributed by atoms with Gasteiger partial charge in [-0.05, 0) is 57.2 Å². The molecule has 1 aromatic heterocycles. The molecule has 1 amide bonds. The van der Waals surface area contributed by atoms with Crippen molar-refractivity contribution in [3.63, 3.8) is 0 Å².